The van der Waals surface area contributed by atoms with Crippen LogP contribution in [0.5, 0.6) is 0 Å². The smallest absolute Gasteiger partial charge is 0.404 e. The molecule has 0 radical (unpaired) electrons. The van der Waals surface area contributed by atoms with Crippen molar-refractivity contribution >= 4 is 46.5 Å². The minimum absolute atomic E-state index is 0.00832. The maximum Gasteiger partial charge on any atom is 0.404 e. The molecular weight excluding hydrogens is 700 g/mol. The van der Waals surface area contributed by atoms with Crippen LogP contribution >= 0.6 is 0 Å². The lowest BCUT2D eigenvalue weighted by Crippen LogP contribution is -2.56. The number of ketones is 1. The van der Waals surface area contributed by atoms with Crippen LogP contribution in [0.3, 0.4) is 0 Å². The molecule has 0 aromatic carbocycles. The highest BCUT2D eigenvalue weighted by Crippen LogP contribution is 2.33. The van der Waals surface area contributed by atoms with Gasteiger partial charge in [-0.15, -0.1) is 5.10 Å². The van der Waals surface area contributed by atoms with E-state index in [1.54, 1.807) is 38.2 Å². The number of rotatable bonds is 16. The summed E-state index contributed by atoms with van der Waals surface area (Å²) in [6.07, 6.45) is 8.91. The van der Waals surface area contributed by atoms with E-state index in [2.05, 4.69) is 36.2 Å². The number of Topliss-reactive ketones (excluding diaryl/α,β-unsaturated/α-hetero) is 1. The zero-order valence-corrected chi connectivity index (χ0v) is 30.4. The van der Waals surface area contributed by atoms with Gasteiger partial charge in [0.2, 0.25) is 17.6 Å². The van der Waals surface area contributed by atoms with Crippen LogP contribution in [-0.2, 0) is 24.8 Å². The molecule has 0 spiro atoms. The SMILES string of the molecule is CC(C)(O)c1cnnn1[C@H]1C[C@@H](C(=O)NC(CCCCNC(=O)O)C(=O)C(N)=O)N(C(=O)[C@@H](CC2CCCCC2)NC(=O)c2cnc3cccnc3c2)C1. The number of nitrogens with one attached hydrogen (secondary N) is 3. The first-order chi connectivity index (χ1) is 25.7. The number of hydrogen-bond donors (Lipinski definition) is 6. The molecule has 2 aliphatic rings. The summed E-state index contributed by atoms with van der Waals surface area (Å²) >= 11 is 0. The number of carboxylic acid groups (broad SMARTS) is 1. The van der Waals surface area contributed by atoms with Gasteiger partial charge in [0.1, 0.15) is 17.7 Å². The highest BCUT2D eigenvalue weighted by atomic mass is 16.4. The molecule has 1 unspecified atom stereocenters. The van der Waals surface area contributed by atoms with Gasteiger partial charge in [0.25, 0.3) is 11.8 Å². The number of fused-ring (bicyclic) bond motifs is 1. The number of aromatic nitrogens is 5. The molecule has 5 rings (SSSR count). The molecule has 1 saturated heterocycles. The van der Waals surface area contributed by atoms with Crippen molar-refractivity contribution in [1.82, 2.24) is 45.8 Å². The summed E-state index contributed by atoms with van der Waals surface area (Å²) in [7, 11) is 0. The fraction of sp³-hybridized carbons (Fsp3) is 0.556. The molecule has 7 N–H and O–H groups in total. The normalized spacial score (nSPS) is 18.8. The van der Waals surface area contributed by atoms with E-state index in [1.165, 1.54) is 22.0 Å². The van der Waals surface area contributed by atoms with Crippen LogP contribution in [-0.4, -0.2) is 107 Å². The Labute approximate surface area is 311 Å². The van der Waals surface area contributed by atoms with Gasteiger partial charge in [0.05, 0.1) is 40.6 Å². The molecule has 5 amide bonds. The second-order valence-corrected chi connectivity index (χ2v) is 14.6. The first-order valence-corrected chi connectivity index (χ1v) is 18.3. The second-order valence-electron chi connectivity index (χ2n) is 14.6. The molecule has 290 valence electrons. The Bertz CT molecular complexity index is 1850. The molecular formula is C36H48N10O8. The summed E-state index contributed by atoms with van der Waals surface area (Å²) in [5.74, 6) is -3.94. The van der Waals surface area contributed by atoms with Gasteiger partial charge in [-0.2, -0.15) is 0 Å². The van der Waals surface area contributed by atoms with Gasteiger partial charge < -0.3 is 36.8 Å². The van der Waals surface area contributed by atoms with E-state index in [9.17, 15) is 33.9 Å². The second kappa shape index (κ2) is 17.5. The number of carbonyl (C=O) groups is 6. The van der Waals surface area contributed by atoms with Crippen molar-refractivity contribution < 1.29 is 39.0 Å². The van der Waals surface area contributed by atoms with E-state index in [1.807, 2.05) is 0 Å². The summed E-state index contributed by atoms with van der Waals surface area (Å²) in [6.45, 7) is 3.16. The third-order valence-electron chi connectivity index (χ3n) is 10.1. The van der Waals surface area contributed by atoms with Crippen molar-refractivity contribution in [2.75, 3.05) is 13.1 Å². The van der Waals surface area contributed by atoms with Crippen LogP contribution in [0.2, 0.25) is 0 Å². The lowest BCUT2D eigenvalue weighted by atomic mass is 9.84. The number of likely N-dealkylation sites (tertiary alicyclic amines) is 1. The van der Waals surface area contributed by atoms with E-state index >= 15 is 0 Å². The van der Waals surface area contributed by atoms with E-state index in [-0.39, 0.29) is 43.8 Å². The third kappa shape index (κ3) is 9.91. The van der Waals surface area contributed by atoms with Crippen LogP contribution in [0, 0.1) is 5.92 Å². The van der Waals surface area contributed by atoms with E-state index < -0.39 is 65.3 Å². The fourth-order valence-electron chi connectivity index (χ4n) is 7.31. The number of amides is 5. The first-order valence-electron chi connectivity index (χ1n) is 18.3. The van der Waals surface area contributed by atoms with Crippen LogP contribution in [0.25, 0.3) is 11.0 Å². The number of unbranched alkanes of at least 4 members (excludes halogenated alkanes) is 1. The summed E-state index contributed by atoms with van der Waals surface area (Å²) < 4.78 is 1.47. The molecule has 18 heteroatoms. The molecule has 1 aliphatic carbocycles. The summed E-state index contributed by atoms with van der Waals surface area (Å²) in [5, 5.41) is 35.6. The molecule has 1 aliphatic heterocycles. The molecule has 54 heavy (non-hydrogen) atoms. The lowest BCUT2D eigenvalue weighted by Gasteiger charge is -2.32. The summed E-state index contributed by atoms with van der Waals surface area (Å²) in [4.78, 5) is 88.3. The maximum atomic E-state index is 14.7. The van der Waals surface area contributed by atoms with Crippen LogP contribution < -0.4 is 21.7 Å². The van der Waals surface area contributed by atoms with Crippen LogP contribution in [0.1, 0.15) is 100 Å². The van der Waals surface area contributed by atoms with Crippen LogP contribution in [0.15, 0.2) is 36.8 Å². The molecule has 2 fully saturated rings. The Balaban J connectivity index is 1.44. The lowest BCUT2D eigenvalue weighted by molar-refractivity contribution is -0.142. The maximum absolute atomic E-state index is 14.7. The number of primary amides is 1. The van der Waals surface area contributed by atoms with E-state index in [0.717, 1.165) is 32.1 Å². The molecule has 0 bridgehead atoms. The Morgan fingerprint density at radius 3 is 2.46 bits per heavy atom. The number of aliphatic hydroxyl groups is 1. The standard InChI is InChI=1S/C36H48N10O8/c1-36(2,54)29-19-41-44-46(29)23-17-28(33(50)42-25(30(47)31(37)48)11-6-7-13-39-35(52)53)45(20-23)34(51)27(15-21-9-4-3-5-10-21)43-32(49)22-16-26-24(40-18-22)12-8-14-38-26/h8,12,14,16,18-19,21,23,25,27-28,39,54H,3-7,9-11,13,15,17,20H2,1-2H3,(H2,37,48)(H,42,50)(H,43,49)(H,52,53)/t23-,25?,27+,28-/m0/s1. The highest BCUT2D eigenvalue weighted by Gasteiger charge is 2.45. The first kappa shape index (κ1) is 39.7. The number of carbonyl (C=O) groups excluding carboxylic acids is 5. The molecule has 18 nitrogen and oxygen atoms in total. The Kier molecular flexibility index (Phi) is 12.9. The van der Waals surface area contributed by atoms with Gasteiger partial charge in [-0.1, -0.05) is 37.3 Å². The molecule has 4 heterocycles. The minimum atomic E-state index is -1.37. The van der Waals surface area contributed by atoms with Gasteiger partial charge in [-0.3, -0.25) is 33.9 Å². The average molecular weight is 749 g/mol. The third-order valence-corrected chi connectivity index (χ3v) is 10.1. The number of pyridine rings is 2. The predicted molar refractivity (Wildman–Crippen MR) is 192 cm³/mol. The van der Waals surface area contributed by atoms with Crippen molar-refractivity contribution in [2.45, 2.75) is 108 Å². The van der Waals surface area contributed by atoms with Crippen molar-refractivity contribution in [2.24, 2.45) is 11.7 Å². The molecule has 3 aromatic rings. The summed E-state index contributed by atoms with van der Waals surface area (Å²) in [6, 6.07) is 0.908. The Morgan fingerprint density at radius 1 is 1.00 bits per heavy atom. The monoisotopic (exact) mass is 748 g/mol. The quantitative estimate of drug-likeness (QED) is 0.0896. The predicted octanol–water partition coefficient (Wildman–Crippen LogP) is 1.34. The number of hydrogen-bond acceptors (Lipinski definition) is 11. The Hall–Kier alpha value is -5.52. The Morgan fingerprint density at radius 2 is 1.76 bits per heavy atom. The van der Waals surface area contributed by atoms with Gasteiger partial charge in [-0.05, 0) is 63.6 Å². The van der Waals surface area contributed by atoms with E-state index in [0.29, 0.717) is 29.6 Å². The molecule has 1 saturated carbocycles. The zero-order valence-electron chi connectivity index (χ0n) is 30.4. The van der Waals surface area contributed by atoms with E-state index in [4.69, 9.17) is 10.8 Å². The minimum Gasteiger partial charge on any atom is -0.465 e. The van der Waals surface area contributed by atoms with Crippen molar-refractivity contribution in [1.29, 1.82) is 0 Å². The van der Waals surface area contributed by atoms with Gasteiger partial charge in [-0.25, -0.2) is 9.48 Å². The molecule has 4 atom stereocenters. The van der Waals surface area contributed by atoms with Crippen molar-refractivity contribution in [3.8, 4) is 0 Å². The number of nitrogens with zero attached hydrogens (tertiary/aromatic N) is 6. The fourth-order valence-corrected chi connectivity index (χ4v) is 7.31. The summed E-state index contributed by atoms with van der Waals surface area (Å²) in [5.41, 5.74) is 5.62. The van der Waals surface area contributed by atoms with Crippen molar-refractivity contribution in [3.05, 3.63) is 48.0 Å². The van der Waals surface area contributed by atoms with Gasteiger partial charge >= 0.3 is 6.09 Å². The van der Waals surface area contributed by atoms with Gasteiger partial charge in [0.15, 0.2) is 0 Å². The van der Waals surface area contributed by atoms with Gasteiger partial charge in [0, 0.05) is 31.9 Å². The largest absolute Gasteiger partial charge is 0.465 e. The highest BCUT2D eigenvalue weighted by molar-refractivity contribution is 6.37. The van der Waals surface area contributed by atoms with Crippen LogP contribution in [0.4, 0.5) is 4.79 Å². The number of nitrogens with two attached hydrogens (primary N) is 1. The molecule has 3 aromatic heterocycles. The topological polar surface area (TPSA) is 265 Å². The van der Waals surface area contributed by atoms with Crippen molar-refractivity contribution in [3.63, 3.8) is 0 Å². The zero-order chi connectivity index (χ0) is 39.0. The average Bonchev–Trinajstić information content (AvgIpc) is 3.82.